The summed E-state index contributed by atoms with van der Waals surface area (Å²) in [6.45, 7) is 7.30. The topological polar surface area (TPSA) is 26.3 Å². The fourth-order valence-electron chi connectivity index (χ4n) is 2.86. The van der Waals surface area contributed by atoms with Crippen molar-refractivity contribution in [1.82, 2.24) is 0 Å². The van der Waals surface area contributed by atoms with Gasteiger partial charge in [0, 0.05) is 16.7 Å². The molecule has 0 heterocycles. The van der Waals surface area contributed by atoms with Gasteiger partial charge in [0.1, 0.15) is 0 Å². The summed E-state index contributed by atoms with van der Waals surface area (Å²) in [4.78, 5) is 12.2. The lowest BCUT2D eigenvalue weighted by Crippen LogP contribution is -2.32. The standard InChI is InChI=1S/C20H18O2/c1-14(2)19(21)22-20(3)17-10-6-4-8-15(17)12-13-16-9-5-7-11-18(16)20/h4-13H,1H2,2-3H3. The predicted octanol–water partition coefficient (Wildman–Crippen LogP) is 4.55. The van der Waals surface area contributed by atoms with E-state index in [0.717, 1.165) is 22.3 Å². The Balaban J connectivity index is 2.25. The minimum atomic E-state index is -0.841. The molecule has 3 rings (SSSR count). The molecule has 1 aliphatic carbocycles. The zero-order chi connectivity index (χ0) is 15.7. The van der Waals surface area contributed by atoms with Crippen LogP contribution in [-0.4, -0.2) is 5.97 Å². The molecule has 0 N–H and O–H groups in total. The smallest absolute Gasteiger partial charge is 0.334 e. The maximum Gasteiger partial charge on any atom is 0.334 e. The highest BCUT2D eigenvalue weighted by Gasteiger charge is 2.37. The molecule has 0 unspecified atom stereocenters. The van der Waals surface area contributed by atoms with E-state index in [-0.39, 0.29) is 5.97 Å². The summed E-state index contributed by atoms with van der Waals surface area (Å²) in [5.74, 6) is -0.381. The molecule has 1 aliphatic rings. The highest BCUT2D eigenvalue weighted by molar-refractivity contribution is 5.88. The zero-order valence-electron chi connectivity index (χ0n) is 12.8. The van der Waals surface area contributed by atoms with Crippen LogP contribution in [0.5, 0.6) is 0 Å². The van der Waals surface area contributed by atoms with E-state index in [2.05, 4.69) is 18.7 Å². The van der Waals surface area contributed by atoms with Gasteiger partial charge in [-0.2, -0.15) is 0 Å². The predicted molar refractivity (Wildman–Crippen MR) is 89.2 cm³/mol. The SMILES string of the molecule is C=C(C)C(=O)OC1(C)c2ccccc2C=Cc2ccccc21. The van der Waals surface area contributed by atoms with E-state index < -0.39 is 5.60 Å². The van der Waals surface area contributed by atoms with E-state index in [1.807, 2.05) is 55.5 Å². The molecule has 0 spiro atoms. The van der Waals surface area contributed by atoms with Gasteiger partial charge < -0.3 is 4.74 Å². The average Bonchev–Trinajstić information content (AvgIpc) is 2.64. The van der Waals surface area contributed by atoms with Crippen LogP contribution in [0.1, 0.15) is 36.1 Å². The molecule has 0 aliphatic heterocycles. The summed E-state index contributed by atoms with van der Waals surface area (Å²) in [6.07, 6.45) is 4.13. The Labute approximate surface area is 130 Å². The summed E-state index contributed by atoms with van der Waals surface area (Å²) in [5.41, 5.74) is 3.61. The molecule has 110 valence electrons. The van der Waals surface area contributed by atoms with Crippen molar-refractivity contribution < 1.29 is 9.53 Å². The summed E-state index contributed by atoms with van der Waals surface area (Å²) in [5, 5.41) is 0. The lowest BCUT2D eigenvalue weighted by Gasteiger charge is -2.32. The Morgan fingerprint density at radius 3 is 1.86 bits per heavy atom. The Kier molecular flexibility index (Phi) is 3.45. The van der Waals surface area contributed by atoms with Crippen molar-refractivity contribution >= 4 is 18.1 Å². The molecule has 2 aromatic rings. The Morgan fingerprint density at radius 1 is 0.955 bits per heavy atom. The first-order chi connectivity index (χ1) is 10.5. The average molecular weight is 290 g/mol. The van der Waals surface area contributed by atoms with Gasteiger partial charge in [-0.15, -0.1) is 0 Å². The molecular weight excluding hydrogens is 272 g/mol. The number of ether oxygens (including phenoxy) is 1. The van der Waals surface area contributed by atoms with E-state index in [1.54, 1.807) is 6.92 Å². The van der Waals surface area contributed by atoms with Crippen molar-refractivity contribution in [2.24, 2.45) is 0 Å². The number of carbonyl (C=O) groups is 1. The first-order valence-electron chi connectivity index (χ1n) is 7.28. The van der Waals surface area contributed by atoms with Crippen LogP contribution in [0.2, 0.25) is 0 Å². The van der Waals surface area contributed by atoms with Crippen LogP contribution in [0.3, 0.4) is 0 Å². The largest absolute Gasteiger partial charge is 0.446 e. The maximum absolute atomic E-state index is 12.2. The summed E-state index contributed by atoms with van der Waals surface area (Å²) >= 11 is 0. The van der Waals surface area contributed by atoms with E-state index >= 15 is 0 Å². The normalized spacial score (nSPS) is 14.5. The number of fused-ring (bicyclic) bond motifs is 2. The second kappa shape index (κ2) is 5.30. The lowest BCUT2D eigenvalue weighted by atomic mass is 9.84. The van der Waals surface area contributed by atoms with Gasteiger partial charge in [0.15, 0.2) is 5.60 Å². The van der Waals surface area contributed by atoms with Crippen molar-refractivity contribution in [3.8, 4) is 0 Å². The van der Waals surface area contributed by atoms with Gasteiger partial charge in [0.25, 0.3) is 0 Å². The van der Waals surface area contributed by atoms with E-state index in [0.29, 0.717) is 5.57 Å². The van der Waals surface area contributed by atoms with Crippen LogP contribution in [0.25, 0.3) is 12.2 Å². The van der Waals surface area contributed by atoms with Crippen LogP contribution in [0.4, 0.5) is 0 Å². The summed E-state index contributed by atoms with van der Waals surface area (Å²) < 4.78 is 5.89. The van der Waals surface area contributed by atoms with Crippen LogP contribution >= 0.6 is 0 Å². The van der Waals surface area contributed by atoms with Crippen LogP contribution < -0.4 is 0 Å². The minimum Gasteiger partial charge on any atom is -0.446 e. The number of carbonyl (C=O) groups excluding carboxylic acids is 1. The van der Waals surface area contributed by atoms with Gasteiger partial charge in [-0.3, -0.25) is 0 Å². The van der Waals surface area contributed by atoms with Crippen LogP contribution in [0, 0.1) is 0 Å². The second-order valence-corrected chi connectivity index (χ2v) is 5.71. The fourth-order valence-corrected chi connectivity index (χ4v) is 2.86. The molecule has 0 radical (unpaired) electrons. The van der Waals surface area contributed by atoms with Crippen molar-refractivity contribution in [3.63, 3.8) is 0 Å². The molecule has 2 heteroatoms. The first-order valence-corrected chi connectivity index (χ1v) is 7.28. The molecule has 0 saturated heterocycles. The first kappa shape index (κ1) is 14.3. The number of esters is 1. The lowest BCUT2D eigenvalue weighted by molar-refractivity contribution is -0.150. The molecule has 0 bridgehead atoms. The summed E-state index contributed by atoms with van der Waals surface area (Å²) in [7, 11) is 0. The molecule has 0 aromatic heterocycles. The minimum absolute atomic E-state index is 0.381. The van der Waals surface area contributed by atoms with Crippen LogP contribution in [-0.2, 0) is 15.1 Å². The number of hydrogen-bond acceptors (Lipinski definition) is 2. The Bertz CT molecular complexity index is 734. The van der Waals surface area contributed by atoms with Gasteiger partial charge >= 0.3 is 5.97 Å². The van der Waals surface area contributed by atoms with Gasteiger partial charge in [-0.1, -0.05) is 67.3 Å². The molecule has 0 amide bonds. The second-order valence-electron chi connectivity index (χ2n) is 5.71. The maximum atomic E-state index is 12.2. The highest BCUT2D eigenvalue weighted by Crippen LogP contribution is 2.40. The van der Waals surface area contributed by atoms with Crippen molar-refractivity contribution in [3.05, 3.63) is 82.9 Å². The summed E-state index contributed by atoms with van der Waals surface area (Å²) in [6, 6.07) is 16.0. The van der Waals surface area contributed by atoms with Crippen molar-refractivity contribution in [1.29, 1.82) is 0 Å². The number of benzene rings is 2. The van der Waals surface area contributed by atoms with E-state index in [4.69, 9.17) is 4.74 Å². The Hall–Kier alpha value is -2.61. The van der Waals surface area contributed by atoms with Gasteiger partial charge in [0.2, 0.25) is 0 Å². The third-order valence-electron chi connectivity index (χ3n) is 4.04. The van der Waals surface area contributed by atoms with E-state index in [9.17, 15) is 4.79 Å². The van der Waals surface area contributed by atoms with Crippen LogP contribution in [0.15, 0.2) is 60.7 Å². The molecule has 0 atom stereocenters. The monoisotopic (exact) mass is 290 g/mol. The van der Waals surface area contributed by atoms with Gasteiger partial charge in [0.05, 0.1) is 0 Å². The Morgan fingerprint density at radius 2 is 1.41 bits per heavy atom. The number of rotatable bonds is 2. The third kappa shape index (κ3) is 2.27. The molecule has 0 saturated carbocycles. The third-order valence-corrected chi connectivity index (χ3v) is 4.04. The number of hydrogen-bond donors (Lipinski definition) is 0. The molecular formula is C20H18O2. The molecule has 2 aromatic carbocycles. The molecule has 2 nitrogen and oxygen atoms in total. The van der Waals surface area contributed by atoms with Crippen molar-refractivity contribution in [2.75, 3.05) is 0 Å². The van der Waals surface area contributed by atoms with Gasteiger partial charge in [-0.05, 0) is 25.0 Å². The molecule has 22 heavy (non-hydrogen) atoms. The quantitative estimate of drug-likeness (QED) is 0.599. The molecule has 0 fully saturated rings. The zero-order valence-corrected chi connectivity index (χ0v) is 12.8. The fraction of sp³-hybridized carbons (Fsp3) is 0.150. The van der Waals surface area contributed by atoms with Gasteiger partial charge in [-0.25, -0.2) is 4.79 Å². The van der Waals surface area contributed by atoms with Crippen molar-refractivity contribution in [2.45, 2.75) is 19.4 Å². The van der Waals surface area contributed by atoms with E-state index in [1.165, 1.54) is 0 Å². The highest BCUT2D eigenvalue weighted by atomic mass is 16.6.